The van der Waals surface area contributed by atoms with E-state index in [1.165, 1.54) is 11.1 Å². The fourth-order valence-electron chi connectivity index (χ4n) is 3.37. The van der Waals surface area contributed by atoms with Crippen molar-refractivity contribution in [1.29, 1.82) is 0 Å². The Bertz CT molecular complexity index is 805. The quantitative estimate of drug-likeness (QED) is 0.735. The summed E-state index contributed by atoms with van der Waals surface area (Å²) < 4.78 is 5.02. The lowest BCUT2D eigenvalue weighted by molar-refractivity contribution is -0.759. The van der Waals surface area contributed by atoms with Crippen molar-refractivity contribution in [2.75, 3.05) is 30.4 Å². The van der Waals surface area contributed by atoms with Crippen molar-refractivity contribution in [3.63, 3.8) is 0 Å². The highest BCUT2D eigenvalue weighted by Crippen LogP contribution is 2.25. The number of anilines is 1. The van der Waals surface area contributed by atoms with Gasteiger partial charge in [-0.1, -0.05) is 60.7 Å². The second-order valence-electron chi connectivity index (χ2n) is 6.32. The van der Waals surface area contributed by atoms with Crippen LogP contribution in [0.3, 0.4) is 0 Å². The van der Waals surface area contributed by atoms with Crippen molar-refractivity contribution in [2.45, 2.75) is 12.6 Å². The van der Waals surface area contributed by atoms with E-state index in [0.717, 1.165) is 26.2 Å². The monoisotopic (exact) mass is 336 g/mol. The van der Waals surface area contributed by atoms with Gasteiger partial charge in [-0.25, -0.2) is 0 Å². The van der Waals surface area contributed by atoms with Crippen molar-refractivity contribution >= 4 is 5.88 Å². The highest BCUT2D eigenvalue weighted by molar-refractivity contribution is 5.22. The van der Waals surface area contributed by atoms with E-state index in [2.05, 4.69) is 75.8 Å². The van der Waals surface area contributed by atoms with Crippen LogP contribution in [0.1, 0.15) is 17.2 Å². The van der Waals surface area contributed by atoms with Gasteiger partial charge in [-0.05, 0) is 11.1 Å². The Morgan fingerprint density at radius 1 is 1.04 bits per heavy atom. The predicted octanol–water partition coefficient (Wildman–Crippen LogP) is 1.74. The average molecular weight is 336 g/mol. The molecule has 6 nitrogen and oxygen atoms in total. The maximum Gasteiger partial charge on any atom is 0.296 e. The van der Waals surface area contributed by atoms with Crippen LogP contribution >= 0.6 is 0 Å². The molecule has 1 aliphatic rings. The van der Waals surface area contributed by atoms with Gasteiger partial charge < -0.3 is 5.73 Å². The second-order valence-corrected chi connectivity index (χ2v) is 6.32. The highest BCUT2D eigenvalue weighted by atomic mass is 16.5. The summed E-state index contributed by atoms with van der Waals surface area (Å²) in [5, 5.41) is 6.17. The number of nitrogen functional groups attached to an aromatic ring is 1. The van der Waals surface area contributed by atoms with Gasteiger partial charge in [0.15, 0.2) is 0 Å². The summed E-state index contributed by atoms with van der Waals surface area (Å²) in [4.78, 5) is 4.23. The van der Waals surface area contributed by atoms with Crippen LogP contribution in [-0.4, -0.2) is 29.8 Å². The maximum absolute atomic E-state index is 5.67. The Morgan fingerprint density at radius 2 is 1.76 bits per heavy atom. The molecule has 3 aromatic rings. The van der Waals surface area contributed by atoms with E-state index in [-0.39, 0.29) is 6.04 Å². The van der Waals surface area contributed by atoms with E-state index in [1.54, 1.807) is 11.0 Å². The molecule has 128 valence electrons. The van der Waals surface area contributed by atoms with E-state index in [1.807, 2.05) is 0 Å². The molecule has 1 fully saturated rings. The third-order valence-corrected chi connectivity index (χ3v) is 4.65. The van der Waals surface area contributed by atoms with Gasteiger partial charge in [0.2, 0.25) is 5.27 Å². The molecule has 4 rings (SSSR count). The number of nitrogens with two attached hydrogens (primary N) is 1. The molecule has 6 heteroatoms. The fourth-order valence-corrected chi connectivity index (χ4v) is 3.37. The Morgan fingerprint density at radius 3 is 2.44 bits per heavy atom. The van der Waals surface area contributed by atoms with Crippen LogP contribution in [0.4, 0.5) is 5.88 Å². The van der Waals surface area contributed by atoms with Crippen LogP contribution in [0.15, 0.2) is 71.4 Å². The Kier molecular flexibility index (Phi) is 4.35. The van der Waals surface area contributed by atoms with Crippen molar-refractivity contribution in [1.82, 2.24) is 10.2 Å². The standard InChI is InChI=1S/C19H22N5O/c20-19-15-24(21-25-19)23-12-11-22(13-16-7-3-1-4-8-16)18(14-23)17-9-5-2-6-10-17/h1-10,15,18H,11-14,20H2/q+1. The maximum atomic E-state index is 5.67. The lowest BCUT2D eigenvalue weighted by atomic mass is 10.0. The number of piperazine rings is 1. The van der Waals surface area contributed by atoms with Gasteiger partial charge in [0.25, 0.3) is 12.1 Å². The molecular weight excluding hydrogens is 314 g/mol. The van der Waals surface area contributed by atoms with Crippen LogP contribution in [-0.2, 0) is 6.54 Å². The summed E-state index contributed by atoms with van der Waals surface area (Å²) in [6.45, 7) is 3.56. The number of hydrogen-bond donors (Lipinski definition) is 1. The molecule has 1 atom stereocenters. The lowest BCUT2D eigenvalue weighted by Crippen LogP contribution is -2.65. The molecule has 0 radical (unpaired) electrons. The number of benzene rings is 2. The van der Waals surface area contributed by atoms with Crippen LogP contribution in [0, 0.1) is 0 Å². The van der Waals surface area contributed by atoms with Crippen LogP contribution < -0.4 is 15.5 Å². The molecule has 1 aromatic heterocycles. The van der Waals surface area contributed by atoms with E-state index >= 15 is 0 Å². The summed E-state index contributed by atoms with van der Waals surface area (Å²) in [5.41, 5.74) is 8.31. The van der Waals surface area contributed by atoms with Gasteiger partial charge in [-0.2, -0.15) is 5.01 Å². The van der Waals surface area contributed by atoms with E-state index in [4.69, 9.17) is 10.3 Å². The first-order chi connectivity index (χ1) is 12.3. The van der Waals surface area contributed by atoms with Crippen molar-refractivity contribution in [3.05, 3.63) is 78.0 Å². The molecule has 25 heavy (non-hydrogen) atoms. The molecule has 1 saturated heterocycles. The molecule has 0 aliphatic carbocycles. The molecule has 0 amide bonds. The Hall–Kier alpha value is -2.86. The first kappa shape index (κ1) is 15.7. The molecule has 2 N–H and O–H groups in total. The smallest absolute Gasteiger partial charge is 0.296 e. The van der Waals surface area contributed by atoms with Gasteiger partial charge >= 0.3 is 0 Å². The van der Waals surface area contributed by atoms with Gasteiger partial charge in [0.05, 0.1) is 23.9 Å². The molecular formula is C19H22N5O+. The first-order valence-corrected chi connectivity index (χ1v) is 8.52. The van der Waals surface area contributed by atoms with E-state index < -0.39 is 0 Å². The minimum absolute atomic E-state index is 0.278. The first-order valence-electron chi connectivity index (χ1n) is 8.52. The number of rotatable bonds is 4. The molecule has 2 aromatic carbocycles. The summed E-state index contributed by atoms with van der Waals surface area (Å²) in [6.07, 6.45) is 1.72. The minimum Gasteiger partial charge on any atom is -0.362 e. The molecule has 0 saturated carbocycles. The molecule has 0 bridgehead atoms. The van der Waals surface area contributed by atoms with Gasteiger partial charge in [-0.3, -0.25) is 9.42 Å². The van der Waals surface area contributed by atoms with Gasteiger partial charge in [0, 0.05) is 13.1 Å². The zero-order chi connectivity index (χ0) is 17.1. The van der Waals surface area contributed by atoms with E-state index in [9.17, 15) is 0 Å². The van der Waals surface area contributed by atoms with Crippen LogP contribution in [0.5, 0.6) is 0 Å². The van der Waals surface area contributed by atoms with Gasteiger partial charge in [-0.15, -0.1) is 0 Å². The molecule has 1 unspecified atom stereocenters. The molecule has 2 heterocycles. The third-order valence-electron chi connectivity index (χ3n) is 4.65. The number of hydrogen-bond acceptors (Lipinski definition) is 5. The fraction of sp³-hybridized carbons (Fsp3) is 0.263. The molecule has 1 aliphatic heterocycles. The van der Waals surface area contributed by atoms with Crippen molar-refractivity contribution in [3.8, 4) is 0 Å². The topological polar surface area (TPSA) is 62.4 Å². The number of aromatic nitrogens is 2. The van der Waals surface area contributed by atoms with Crippen molar-refractivity contribution in [2.24, 2.45) is 0 Å². The highest BCUT2D eigenvalue weighted by Gasteiger charge is 2.33. The lowest BCUT2D eigenvalue weighted by Gasteiger charge is -2.38. The summed E-state index contributed by atoms with van der Waals surface area (Å²) in [7, 11) is 0. The normalized spacial score (nSPS) is 18.4. The Labute approximate surface area is 147 Å². The number of nitrogens with zero attached hydrogens (tertiary/aromatic N) is 4. The zero-order valence-corrected chi connectivity index (χ0v) is 14.0. The third kappa shape index (κ3) is 3.49. The van der Waals surface area contributed by atoms with E-state index in [0.29, 0.717) is 5.88 Å². The Balaban J connectivity index is 1.58. The van der Waals surface area contributed by atoms with Gasteiger partial charge in [0.1, 0.15) is 0 Å². The molecule has 0 spiro atoms. The summed E-state index contributed by atoms with van der Waals surface area (Å²) in [5.74, 6) is 0.322. The van der Waals surface area contributed by atoms with Crippen molar-refractivity contribution < 1.29 is 9.31 Å². The van der Waals surface area contributed by atoms with Crippen LogP contribution in [0.2, 0.25) is 0 Å². The minimum atomic E-state index is 0.278. The SMILES string of the molecule is Nc1c[n+](N2CCN(Cc3ccccc3)C(c3ccccc3)C2)no1. The van der Waals surface area contributed by atoms with Crippen LogP contribution in [0.25, 0.3) is 0 Å². The predicted molar refractivity (Wildman–Crippen MR) is 95.1 cm³/mol. The second kappa shape index (κ2) is 6.94. The largest absolute Gasteiger partial charge is 0.362 e. The zero-order valence-electron chi connectivity index (χ0n) is 14.0. The average Bonchev–Trinajstić information content (AvgIpc) is 3.10. The summed E-state index contributed by atoms with van der Waals surface area (Å²) in [6, 6.07) is 21.5. The summed E-state index contributed by atoms with van der Waals surface area (Å²) >= 11 is 0.